The first-order valence-corrected chi connectivity index (χ1v) is 10.8. The predicted octanol–water partition coefficient (Wildman–Crippen LogP) is 4.40. The van der Waals surface area contributed by atoms with Gasteiger partial charge in [0.15, 0.2) is 0 Å². The van der Waals surface area contributed by atoms with Crippen molar-refractivity contribution in [3.8, 4) is 11.3 Å². The number of carboxylic acids is 1. The molecule has 3 aromatic rings. The van der Waals surface area contributed by atoms with E-state index >= 15 is 0 Å². The second-order valence-corrected chi connectivity index (χ2v) is 8.98. The zero-order chi connectivity index (χ0) is 21.3. The molecule has 0 bridgehead atoms. The summed E-state index contributed by atoms with van der Waals surface area (Å²) in [6.45, 7) is 0. The van der Waals surface area contributed by atoms with Crippen LogP contribution in [-0.2, 0) is 9.59 Å². The highest BCUT2D eigenvalue weighted by molar-refractivity contribution is 9.10. The Morgan fingerprint density at radius 3 is 2.47 bits per heavy atom. The fourth-order valence-electron chi connectivity index (χ4n) is 3.06. The molecule has 1 aliphatic heterocycles. The highest BCUT2D eigenvalue weighted by atomic mass is 79.9. The first-order chi connectivity index (χ1) is 14.4. The molecule has 8 heteroatoms. The molecule has 1 atom stereocenters. The normalized spacial score (nSPS) is 16.3. The van der Waals surface area contributed by atoms with Gasteiger partial charge < -0.3 is 14.3 Å². The van der Waals surface area contributed by atoms with Crippen LogP contribution >= 0.6 is 39.9 Å². The summed E-state index contributed by atoms with van der Waals surface area (Å²) >= 11 is 9.73. The molecule has 1 aliphatic rings. The van der Waals surface area contributed by atoms with Crippen molar-refractivity contribution >= 4 is 62.2 Å². The van der Waals surface area contributed by atoms with E-state index in [0.29, 0.717) is 22.0 Å². The van der Waals surface area contributed by atoms with E-state index in [0.717, 1.165) is 26.7 Å². The lowest BCUT2D eigenvalue weighted by Crippen LogP contribution is -2.43. The van der Waals surface area contributed by atoms with E-state index < -0.39 is 17.9 Å². The lowest BCUT2D eigenvalue weighted by molar-refractivity contribution is -0.310. The number of thiocarbonyl (C=S) groups is 1. The van der Waals surface area contributed by atoms with Crippen LogP contribution in [0.4, 0.5) is 0 Å². The summed E-state index contributed by atoms with van der Waals surface area (Å²) in [6, 6.07) is 18.3. The summed E-state index contributed by atoms with van der Waals surface area (Å²) in [4.78, 5) is 26.1. The van der Waals surface area contributed by atoms with Gasteiger partial charge in [0.2, 0.25) is 0 Å². The average molecular weight is 499 g/mol. The lowest BCUT2D eigenvalue weighted by Gasteiger charge is -2.27. The molecule has 0 unspecified atom stereocenters. The van der Waals surface area contributed by atoms with Gasteiger partial charge in [-0.1, -0.05) is 82.4 Å². The summed E-state index contributed by atoms with van der Waals surface area (Å²) in [5.41, 5.74) is 1.32. The summed E-state index contributed by atoms with van der Waals surface area (Å²) in [5, 5.41) is 11.8. The molecule has 30 heavy (non-hydrogen) atoms. The van der Waals surface area contributed by atoms with E-state index in [2.05, 4.69) is 15.9 Å². The smallest absolute Gasteiger partial charge is 0.267 e. The average Bonchev–Trinajstić information content (AvgIpc) is 3.30. The predicted molar refractivity (Wildman–Crippen MR) is 121 cm³/mol. The lowest BCUT2D eigenvalue weighted by atomic mass is 10.1. The number of thioether (sulfide) groups is 1. The Kier molecular flexibility index (Phi) is 5.90. The first-order valence-electron chi connectivity index (χ1n) is 8.82. The quantitative estimate of drug-likeness (QED) is 0.383. The van der Waals surface area contributed by atoms with Crippen LogP contribution in [0.3, 0.4) is 0 Å². The third-order valence-corrected chi connectivity index (χ3v) is 6.31. The minimum Gasteiger partial charge on any atom is -0.547 e. The Bertz CT molecular complexity index is 1160. The third-order valence-electron chi connectivity index (χ3n) is 4.45. The van der Waals surface area contributed by atoms with Gasteiger partial charge in [0, 0.05) is 16.1 Å². The number of furan rings is 1. The molecule has 0 spiro atoms. The third kappa shape index (κ3) is 4.12. The van der Waals surface area contributed by atoms with Gasteiger partial charge in [-0.05, 0) is 29.8 Å². The Hall–Kier alpha value is -2.68. The molecular formula is C22H13BrNO4S2-. The molecule has 1 aromatic heterocycles. The highest BCUT2D eigenvalue weighted by Crippen LogP contribution is 2.38. The van der Waals surface area contributed by atoms with Crippen LogP contribution in [0.15, 0.2) is 80.5 Å². The second-order valence-electron chi connectivity index (χ2n) is 6.39. The number of benzene rings is 2. The van der Waals surface area contributed by atoms with Gasteiger partial charge in [0.25, 0.3) is 5.91 Å². The number of aliphatic carboxylic acids is 1. The van der Waals surface area contributed by atoms with E-state index in [4.69, 9.17) is 16.6 Å². The fraction of sp³-hybridized carbons (Fsp3) is 0.0455. The molecule has 2 heterocycles. The zero-order valence-corrected chi connectivity index (χ0v) is 18.5. The van der Waals surface area contributed by atoms with Crippen LogP contribution in [0.25, 0.3) is 17.4 Å². The van der Waals surface area contributed by atoms with Crippen molar-refractivity contribution in [2.75, 3.05) is 0 Å². The molecule has 1 amide bonds. The summed E-state index contributed by atoms with van der Waals surface area (Å²) in [5.74, 6) is -0.766. The molecule has 1 fully saturated rings. The molecular weight excluding hydrogens is 486 g/mol. The van der Waals surface area contributed by atoms with Gasteiger partial charge in [-0.25, -0.2) is 0 Å². The number of carbonyl (C=O) groups is 2. The van der Waals surface area contributed by atoms with Crippen molar-refractivity contribution in [3.63, 3.8) is 0 Å². The summed E-state index contributed by atoms with van der Waals surface area (Å²) in [7, 11) is 0. The molecule has 1 saturated heterocycles. The fourth-order valence-corrected chi connectivity index (χ4v) is 4.61. The second kappa shape index (κ2) is 8.59. The van der Waals surface area contributed by atoms with E-state index in [1.165, 1.54) is 0 Å². The van der Waals surface area contributed by atoms with Crippen molar-refractivity contribution in [2.24, 2.45) is 0 Å². The number of halogens is 1. The van der Waals surface area contributed by atoms with Crippen LogP contribution in [0, 0.1) is 0 Å². The van der Waals surface area contributed by atoms with Gasteiger partial charge in [-0.3, -0.25) is 9.69 Å². The van der Waals surface area contributed by atoms with E-state index in [1.807, 2.05) is 30.3 Å². The van der Waals surface area contributed by atoms with Crippen LogP contribution in [-0.4, -0.2) is 21.1 Å². The molecule has 0 saturated carbocycles. The summed E-state index contributed by atoms with van der Waals surface area (Å²) < 4.78 is 6.95. The van der Waals surface area contributed by atoms with E-state index in [1.54, 1.807) is 42.5 Å². The Morgan fingerprint density at radius 2 is 1.80 bits per heavy atom. The Balaban J connectivity index is 1.62. The molecule has 150 valence electrons. The van der Waals surface area contributed by atoms with Crippen molar-refractivity contribution in [2.45, 2.75) is 6.04 Å². The van der Waals surface area contributed by atoms with Crippen LogP contribution in [0.1, 0.15) is 17.4 Å². The van der Waals surface area contributed by atoms with Gasteiger partial charge >= 0.3 is 0 Å². The number of amides is 1. The first kappa shape index (κ1) is 20.6. The van der Waals surface area contributed by atoms with Gasteiger partial charge in [0.1, 0.15) is 21.9 Å². The standard InChI is InChI=1S/C22H14BrNO4S2/c23-15-8-6-13(7-9-15)17-11-10-16(28-17)12-18-20(25)24(22(29)30-18)19(21(26)27)14-4-2-1-3-5-14/h1-12,19H,(H,26,27)/p-1/b18-12+/t19-/m1/s1. The van der Waals surface area contributed by atoms with Crippen LogP contribution in [0.5, 0.6) is 0 Å². The molecule has 0 aliphatic carbocycles. The molecule has 0 N–H and O–H groups in total. The number of carboxylic acid groups (broad SMARTS) is 1. The van der Waals surface area contributed by atoms with Crippen LogP contribution in [0.2, 0.25) is 0 Å². The van der Waals surface area contributed by atoms with Crippen molar-refractivity contribution < 1.29 is 19.1 Å². The number of rotatable bonds is 5. The number of carbonyl (C=O) groups excluding carboxylic acids is 2. The Morgan fingerprint density at radius 1 is 1.10 bits per heavy atom. The maximum absolute atomic E-state index is 13.0. The molecule has 5 nitrogen and oxygen atoms in total. The maximum Gasteiger partial charge on any atom is 0.267 e. The molecule has 4 rings (SSSR count). The van der Waals surface area contributed by atoms with Crippen molar-refractivity contribution in [3.05, 3.63) is 87.4 Å². The topological polar surface area (TPSA) is 73.6 Å². The number of hydrogen-bond donors (Lipinski definition) is 0. The number of nitrogens with zero attached hydrogens (tertiary/aromatic N) is 1. The Labute approximate surface area is 190 Å². The minimum absolute atomic E-state index is 0.156. The van der Waals surface area contributed by atoms with Gasteiger partial charge in [-0.15, -0.1) is 0 Å². The van der Waals surface area contributed by atoms with Gasteiger partial charge in [0.05, 0.1) is 10.9 Å². The van der Waals surface area contributed by atoms with Crippen molar-refractivity contribution in [1.29, 1.82) is 0 Å². The van der Waals surface area contributed by atoms with Gasteiger partial charge in [-0.2, -0.15) is 0 Å². The van der Waals surface area contributed by atoms with E-state index in [-0.39, 0.29) is 4.32 Å². The van der Waals surface area contributed by atoms with Crippen molar-refractivity contribution in [1.82, 2.24) is 4.90 Å². The maximum atomic E-state index is 13.0. The van der Waals surface area contributed by atoms with E-state index in [9.17, 15) is 14.7 Å². The highest BCUT2D eigenvalue weighted by Gasteiger charge is 2.38. The summed E-state index contributed by atoms with van der Waals surface area (Å²) in [6.07, 6.45) is 1.57. The van der Waals surface area contributed by atoms with Crippen LogP contribution < -0.4 is 5.11 Å². The minimum atomic E-state index is -1.39. The largest absolute Gasteiger partial charge is 0.547 e. The number of hydrogen-bond acceptors (Lipinski definition) is 6. The monoisotopic (exact) mass is 498 g/mol. The zero-order valence-electron chi connectivity index (χ0n) is 15.3. The SMILES string of the molecule is O=C([O-])[C@@H](c1ccccc1)N1C(=O)/C(=C\c2ccc(-c3ccc(Br)cc3)o2)SC1=S. The molecule has 2 aromatic carbocycles. The molecule has 0 radical (unpaired) electrons.